The number of methoxy groups -OCH3 is 1. The highest BCUT2D eigenvalue weighted by Crippen LogP contribution is 2.29. The SMILES string of the molecule is COc1ccc(C#N)cc1CSc1ccc(C(C)O)cc1. The molecule has 0 saturated heterocycles. The van der Waals surface area contributed by atoms with Crippen molar-refractivity contribution in [1.82, 2.24) is 0 Å². The van der Waals surface area contributed by atoms with Crippen molar-refractivity contribution in [2.45, 2.75) is 23.7 Å². The summed E-state index contributed by atoms with van der Waals surface area (Å²) < 4.78 is 5.33. The van der Waals surface area contributed by atoms with Crippen LogP contribution in [0, 0.1) is 11.3 Å². The van der Waals surface area contributed by atoms with Gasteiger partial charge in [0.25, 0.3) is 0 Å². The largest absolute Gasteiger partial charge is 0.496 e. The van der Waals surface area contributed by atoms with Gasteiger partial charge in [-0.25, -0.2) is 0 Å². The fourth-order valence-electron chi connectivity index (χ4n) is 1.96. The molecule has 0 aromatic heterocycles. The zero-order valence-electron chi connectivity index (χ0n) is 12.0. The quantitative estimate of drug-likeness (QED) is 0.850. The van der Waals surface area contributed by atoms with Crippen LogP contribution in [0.1, 0.15) is 29.7 Å². The van der Waals surface area contributed by atoms with Gasteiger partial charge in [-0.15, -0.1) is 11.8 Å². The molecule has 0 fully saturated rings. The van der Waals surface area contributed by atoms with E-state index in [2.05, 4.69) is 6.07 Å². The molecule has 0 aliphatic rings. The lowest BCUT2D eigenvalue weighted by atomic mass is 10.1. The second kappa shape index (κ2) is 7.16. The summed E-state index contributed by atoms with van der Waals surface area (Å²) in [6.07, 6.45) is -0.448. The molecule has 0 spiro atoms. The lowest BCUT2D eigenvalue weighted by Crippen LogP contribution is -1.92. The molecular weight excluding hydrogens is 282 g/mol. The number of aliphatic hydroxyl groups excluding tert-OH is 1. The first-order valence-electron chi connectivity index (χ1n) is 6.62. The van der Waals surface area contributed by atoms with Crippen LogP contribution >= 0.6 is 11.8 Å². The van der Waals surface area contributed by atoms with Crippen molar-refractivity contribution < 1.29 is 9.84 Å². The highest BCUT2D eigenvalue weighted by Gasteiger charge is 2.06. The Labute approximate surface area is 129 Å². The summed E-state index contributed by atoms with van der Waals surface area (Å²) in [6.45, 7) is 1.75. The summed E-state index contributed by atoms with van der Waals surface area (Å²) in [5.41, 5.74) is 2.54. The molecule has 3 nitrogen and oxygen atoms in total. The van der Waals surface area contributed by atoms with E-state index in [9.17, 15) is 5.11 Å². The number of thioether (sulfide) groups is 1. The molecule has 2 rings (SSSR count). The molecule has 2 aromatic rings. The average Bonchev–Trinajstić information content (AvgIpc) is 2.52. The maximum Gasteiger partial charge on any atom is 0.122 e. The van der Waals surface area contributed by atoms with Gasteiger partial charge in [-0.3, -0.25) is 0 Å². The van der Waals surface area contributed by atoms with Crippen molar-refractivity contribution in [2.24, 2.45) is 0 Å². The van der Waals surface area contributed by atoms with Gasteiger partial charge in [-0.1, -0.05) is 12.1 Å². The summed E-state index contributed by atoms with van der Waals surface area (Å²) >= 11 is 1.67. The van der Waals surface area contributed by atoms with Crippen LogP contribution in [0.4, 0.5) is 0 Å². The number of hydrogen-bond donors (Lipinski definition) is 1. The Hall–Kier alpha value is -1.96. The van der Waals surface area contributed by atoms with Crippen molar-refractivity contribution in [2.75, 3.05) is 7.11 Å². The Balaban J connectivity index is 2.10. The molecule has 0 heterocycles. The molecule has 4 heteroatoms. The number of benzene rings is 2. The third kappa shape index (κ3) is 4.01. The summed E-state index contributed by atoms with van der Waals surface area (Å²) in [7, 11) is 1.63. The van der Waals surface area contributed by atoms with E-state index in [0.29, 0.717) is 5.56 Å². The van der Waals surface area contributed by atoms with Crippen molar-refractivity contribution in [3.05, 3.63) is 59.2 Å². The summed E-state index contributed by atoms with van der Waals surface area (Å²) in [4.78, 5) is 1.11. The van der Waals surface area contributed by atoms with Gasteiger partial charge >= 0.3 is 0 Å². The van der Waals surface area contributed by atoms with E-state index in [1.807, 2.05) is 36.4 Å². The Bertz CT molecular complexity index is 645. The molecule has 0 amide bonds. The molecular formula is C17H17NO2S. The van der Waals surface area contributed by atoms with Gasteiger partial charge < -0.3 is 9.84 Å². The van der Waals surface area contributed by atoms with Crippen LogP contribution in [-0.2, 0) is 5.75 Å². The normalized spacial score (nSPS) is 11.7. The number of ether oxygens (including phenoxy) is 1. The minimum Gasteiger partial charge on any atom is -0.496 e. The van der Waals surface area contributed by atoms with E-state index in [4.69, 9.17) is 10.00 Å². The minimum absolute atomic E-state index is 0.448. The molecule has 0 bridgehead atoms. The predicted molar refractivity (Wildman–Crippen MR) is 84.3 cm³/mol. The third-order valence-electron chi connectivity index (χ3n) is 3.17. The van der Waals surface area contributed by atoms with Crippen LogP contribution in [0.25, 0.3) is 0 Å². The number of hydrogen-bond acceptors (Lipinski definition) is 4. The van der Waals surface area contributed by atoms with E-state index >= 15 is 0 Å². The van der Waals surface area contributed by atoms with Crippen LogP contribution in [-0.4, -0.2) is 12.2 Å². The van der Waals surface area contributed by atoms with E-state index in [-0.39, 0.29) is 0 Å². The van der Waals surface area contributed by atoms with Gasteiger partial charge in [0.05, 0.1) is 24.8 Å². The fraction of sp³-hybridized carbons (Fsp3) is 0.235. The first-order chi connectivity index (χ1) is 10.1. The Kier molecular flexibility index (Phi) is 5.26. The first-order valence-corrected chi connectivity index (χ1v) is 7.60. The van der Waals surface area contributed by atoms with Crippen molar-refractivity contribution >= 4 is 11.8 Å². The summed E-state index contributed by atoms with van der Waals surface area (Å²) in [6, 6.07) is 15.4. The molecule has 1 unspecified atom stereocenters. The highest BCUT2D eigenvalue weighted by atomic mass is 32.2. The number of nitrogens with zero attached hydrogens (tertiary/aromatic N) is 1. The lowest BCUT2D eigenvalue weighted by Gasteiger charge is -2.09. The average molecular weight is 299 g/mol. The molecule has 2 aromatic carbocycles. The van der Waals surface area contributed by atoms with Gasteiger partial charge in [0, 0.05) is 16.2 Å². The molecule has 0 aliphatic carbocycles. The number of rotatable bonds is 5. The summed E-state index contributed by atoms with van der Waals surface area (Å²) in [5.74, 6) is 1.52. The third-order valence-corrected chi connectivity index (χ3v) is 4.23. The second-order valence-corrected chi connectivity index (χ2v) is 5.72. The Morgan fingerprint density at radius 3 is 2.52 bits per heavy atom. The maximum absolute atomic E-state index is 9.49. The maximum atomic E-state index is 9.49. The minimum atomic E-state index is -0.448. The Morgan fingerprint density at radius 2 is 1.95 bits per heavy atom. The van der Waals surface area contributed by atoms with Gasteiger partial charge in [-0.05, 0) is 42.8 Å². The Morgan fingerprint density at radius 1 is 1.24 bits per heavy atom. The van der Waals surface area contributed by atoms with Crippen LogP contribution < -0.4 is 4.74 Å². The molecule has 0 saturated carbocycles. The van der Waals surface area contributed by atoms with Crippen LogP contribution in [0.15, 0.2) is 47.4 Å². The van der Waals surface area contributed by atoms with Crippen molar-refractivity contribution in [3.8, 4) is 11.8 Å². The van der Waals surface area contributed by atoms with Gasteiger partial charge in [0.15, 0.2) is 0 Å². The second-order valence-electron chi connectivity index (χ2n) is 4.67. The van der Waals surface area contributed by atoms with Gasteiger partial charge in [-0.2, -0.15) is 5.26 Å². The zero-order valence-corrected chi connectivity index (χ0v) is 12.9. The number of nitriles is 1. The molecule has 21 heavy (non-hydrogen) atoms. The molecule has 0 radical (unpaired) electrons. The lowest BCUT2D eigenvalue weighted by molar-refractivity contribution is 0.199. The van der Waals surface area contributed by atoms with Crippen LogP contribution in [0.5, 0.6) is 5.75 Å². The molecule has 0 aliphatic heterocycles. The number of aliphatic hydroxyl groups is 1. The monoisotopic (exact) mass is 299 g/mol. The van der Waals surface area contributed by atoms with Crippen LogP contribution in [0.3, 0.4) is 0 Å². The predicted octanol–water partition coefficient (Wildman–Crippen LogP) is 3.91. The highest BCUT2D eigenvalue weighted by molar-refractivity contribution is 7.98. The molecule has 108 valence electrons. The van der Waals surface area contributed by atoms with Gasteiger partial charge in [0.2, 0.25) is 0 Å². The topological polar surface area (TPSA) is 53.2 Å². The molecule has 1 atom stereocenters. The zero-order chi connectivity index (χ0) is 15.2. The van der Waals surface area contributed by atoms with E-state index < -0.39 is 6.10 Å². The van der Waals surface area contributed by atoms with E-state index in [1.165, 1.54) is 0 Å². The standard InChI is InChI=1S/C17H17NO2S/c1-12(19)14-4-6-16(7-5-14)21-11-15-9-13(10-18)3-8-17(15)20-2/h3-9,12,19H,11H2,1-2H3. The van der Waals surface area contributed by atoms with Crippen molar-refractivity contribution in [1.29, 1.82) is 5.26 Å². The first kappa shape index (κ1) is 15.4. The summed E-state index contributed by atoms with van der Waals surface area (Å²) in [5, 5.41) is 18.5. The van der Waals surface area contributed by atoms with Gasteiger partial charge in [0.1, 0.15) is 5.75 Å². The fourth-order valence-corrected chi connectivity index (χ4v) is 2.84. The molecule has 1 N–H and O–H groups in total. The van der Waals surface area contributed by atoms with E-state index in [1.54, 1.807) is 31.9 Å². The van der Waals surface area contributed by atoms with Crippen LogP contribution in [0.2, 0.25) is 0 Å². The van der Waals surface area contributed by atoms with Crippen molar-refractivity contribution in [3.63, 3.8) is 0 Å². The van der Waals surface area contributed by atoms with E-state index in [0.717, 1.165) is 27.5 Å². The smallest absolute Gasteiger partial charge is 0.122 e.